The number of rotatable bonds is 4. The number of piperidine rings is 1. The minimum absolute atomic E-state index is 0.0323. The van der Waals surface area contributed by atoms with Crippen molar-refractivity contribution < 1.29 is 9.53 Å². The fourth-order valence-electron chi connectivity index (χ4n) is 3.71. The van der Waals surface area contributed by atoms with Crippen LogP contribution in [0.2, 0.25) is 0 Å². The van der Waals surface area contributed by atoms with Crippen LogP contribution in [0, 0.1) is 17.8 Å². The Kier molecular flexibility index (Phi) is 5.68. The Morgan fingerprint density at radius 2 is 1.74 bits per heavy atom. The molecule has 1 N–H and O–H groups in total. The Morgan fingerprint density at radius 1 is 1.11 bits per heavy atom. The molecule has 0 spiro atoms. The molecule has 2 fully saturated rings. The van der Waals surface area contributed by atoms with Crippen LogP contribution in [-0.4, -0.2) is 25.2 Å². The summed E-state index contributed by atoms with van der Waals surface area (Å²) in [5.74, 6) is 2.15. The van der Waals surface area contributed by atoms with Gasteiger partial charge in [-0.25, -0.2) is 0 Å². The Balaban J connectivity index is 1.65. The topological polar surface area (TPSA) is 38.3 Å². The van der Waals surface area contributed by atoms with Crippen LogP contribution < -0.4 is 5.32 Å². The summed E-state index contributed by atoms with van der Waals surface area (Å²) in [7, 11) is 0. The first-order valence-electron chi connectivity index (χ1n) is 8.03. The highest BCUT2D eigenvalue weighted by molar-refractivity contribution is 5.69. The quantitative estimate of drug-likeness (QED) is 0.795. The molecule has 2 unspecified atom stereocenters. The molecule has 1 aliphatic heterocycles. The van der Waals surface area contributed by atoms with Crippen molar-refractivity contribution in [2.24, 2.45) is 17.8 Å². The van der Waals surface area contributed by atoms with Gasteiger partial charge in [0.1, 0.15) is 6.10 Å². The van der Waals surface area contributed by atoms with Gasteiger partial charge in [0.2, 0.25) is 0 Å². The van der Waals surface area contributed by atoms with E-state index in [1.807, 2.05) is 0 Å². The molecule has 3 nitrogen and oxygen atoms in total. The number of hydrogen-bond acceptors (Lipinski definition) is 3. The van der Waals surface area contributed by atoms with Crippen LogP contribution in [0.4, 0.5) is 0 Å². The lowest BCUT2D eigenvalue weighted by Crippen LogP contribution is -2.30. The lowest BCUT2D eigenvalue weighted by atomic mass is 9.82. The molecule has 3 heteroatoms. The van der Waals surface area contributed by atoms with Crippen molar-refractivity contribution >= 4 is 5.97 Å². The molecule has 0 bridgehead atoms. The van der Waals surface area contributed by atoms with Gasteiger partial charge >= 0.3 is 5.97 Å². The molecule has 1 heterocycles. The Labute approximate surface area is 117 Å². The lowest BCUT2D eigenvalue weighted by Gasteiger charge is -2.31. The minimum atomic E-state index is 0.0323. The van der Waals surface area contributed by atoms with Crippen molar-refractivity contribution in [3.8, 4) is 0 Å². The molecule has 110 valence electrons. The molecule has 0 aromatic rings. The summed E-state index contributed by atoms with van der Waals surface area (Å²) in [6.07, 6.45) is 7.63. The average molecular weight is 267 g/mol. The van der Waals surface area contributed by atoms with E-state index < -0.39 is 0 Å². The van der Waals surface area contributed by atoms with Gasteiger partial charge in [-0.1, -0.05) is 13.8 Å². The van der Waals surface area contributed by atoms with E-state index in [1.165, 1.54) is 19.3 Å². The first-order valence-corrected chi connectivity index (χ1v) is 8.03. The molecule has 0 aromatic heterocycles. The average Bonchev–Trinajstić information content (AvgIpc) is 2.36. The van der Waals surface area contributed by atoms with Gasteiger partial charge in [-0.3, -0.25) is 4.79 Å². The molecule has 2 rings (SSSR count). The van der Waals surface area contributed by atoms with Crippen molar-refractivity contribution in [1.82, 2.24) is 5.32 Å². The molecule has 0 aromatic carbocycles. The number of carbonyl (C=O) groups is 1. The molecular formula is C16H29NO2. The molecule has 2 atom stereocenters. The van der Waals surface area contributed by atoms with Crippen molar-refractivity contribution in [1.29, 1.82) is 0 Å². The molecule has 0 radical (unpaired) electrons. The van der Waals surface area contributed by atoms with Gasteiger partial charge in [-0.15, -0.1) is 0 Å². The highest BCUT2D eigenvalue weighted by Crippen LogP contribution is 2.30. The van der Waals surface area contributed by atoms with E-state index in [1.54, 1.807) is 0 Å². The molecule has 1 saturated heterocycles. The third kappa shape index (κ3) is 5.13. The maximum absolute atomic E-state index is 11.9. The summed E-state index contributed by atoms with van der Waals surface area (Å²) in [6.45, 7) is 6.76. The van der Waals surface area contributed by atoms with Gasteiger partial charge in [0.05, 0.1) is 0 Å². The number of ether oxygens (including phenoxy) is 1. The Hall–Kier alpha value is -0.570. The van der Waals surface area contributed by atoms with Crippen LogP contribution >= 0.6 is 0 Å². The minimum Gasteiger partial charge on any atom is -0.462 e. The predicted molar refractivity (Wildman–Crippen MR) is 76.9 cm³/mol. The Bertz CT molecular complexity index is 276. The largest absolute Gasteiger partial charge is 0.462 e. The smallest absolute Gasteiger partial charge is 0.306 e. The number of carbonyl (C=O) groups excluding carboxylic acids is 1. The van der Waals surface area contributed by atoms with E-state index in [9.17, 15) is 4.79 Å². The fraction of sp³-hybridized carbons (Fsp3) is 0.938. The SMILES string of the molecule is CC1CC(C)CC(OC(=O)CCC2CCNCC2)C1. The third-order valence-electron chi connectivity index (χ3n) is 4.65. The van der Waals surface area contributed by atoms with Crippen molar-refractivity contribution in [2.45, 2.75) is 64.9 Å². The first-order chi connectivity index (χ1) is 9.13. The Morgan fingerprint density at radius 3 is 2.37 bits per heavy atom. The maximum atomic E-state index is 11.9. The third-order valence-corrected chi connectivity index (χ3v) is 4.65. The highest BCUT2D eigenvalue weighted by Gasteiger charge is 2.26. The van der Waals surface area contributed by atoms with Gasteiger partial charge in [-0.2, -0.15) is 0 Å². The summed E-state index contributed by atoms with van der Waals surface area (Å²) in [6, 6.07) is 0. The summed E-state index contributed by atoms with van der Waals surface area (Å²) >= 11 is 0. The van der Waals surface area contributed by atoms with Crippen LogP contribution in [0.1, 0.15) is 58.8 Å². The number of hydrogen-bond donors (Lipinski definition) is 1. The maximum Gasteiger partial charge on any atom is 0.306 e. The second kappa shape index (κ2) is 7.28. The summed E-state index contributed by atoms with van der Waals surface area (Å²) < 4.78 is 5.67. The highest BCUT2D eigenvalue weighted by atomic mass is 16.5. The number of nitrogens with one attached hydrogen (secondary N) is 1. The summed E-state index contributed by atoms with van der Waals surface area (Å²) in [5, 5.41) is 3.36. The standard InChI is InChI=1S/C16H29NO2/c1-12-9-13(2)11-15(10-12)19-16(18)4-3-14-5-7-17-8-6-14/h12-15,17H,3-11H2,1-2H3. The zero-order valence-corrected chi connectivity index (χ0v) is 12.5. The van der Waals surface area contributed by atoms with E-state index in [2.05, 4.69) is 19.2 Å². The van der Waals surface area contributed by atoms with Gasteiger partial charge in [0.15, 0.2) is 0 Å². The molecule has 1 saturated carbocycles. The van der Waals surface area contributed by atoms with Crippen LogP contribution in [0.3, 0.4) is 0 Å². The van der Waals surface area contributed by atoms with Crippen molar-refractivity contribution in [3.05, 3.63) is 0 Å². The van der Waals surface area contributed by atoms with Crippen LogP contribution in [-0.2, 0) is 9.53 Å². The van der Waals surface area contributed by atoms with Crippen molar-refractivity contribution in [3.63, 3.8) is 0 Å². The fourth-order valence-corrected chi connectivity index (χ4v) is 3.71. The number of esters is 1. The van der Waals surface area contributed by atoms with Crippen LogP contribution in [0.5, 0.6) is 0 Å². The molecule has 2 aliphatic rings. The van der Waals surface area contributed by atoms with E-state index in [0.717, 1.165) is 38.3 Å². The van der Waals surface area contributed by atoms with Gasteiger partial charge in [-0.05, 0) is 69.4 Å². The summed E-state index contributed by atoms with van der Waals surface area (Å²) in [5.41, 5.74) is 0. The van der Waals surface area contributed by atoms with Crippen LogP contribution in [0.25, 0.3) is 0 Å². The molecular weight excluding hydrogens is 238 g/mol. The monoisotopic (exact) mass is 267 g/mol. The normalized spacial score (nSPS) is 33.1. The zero-order chi connectivity index (χ0) is 13.7. The second-order valence-corrected chi connectivity index (χ2v) is 6.76. The zero-order valence-electron chi connectivity index (χ0n) is 12.5. The van der Waals surface area contributed by atoms with Crippen molar-refractivity contribution in [2.75, 3.05) is 13.1 Å². The van der Waals surface area contributed by atoms with E-state index in [4.69, 9.17) is 4.74 Å². The summed E-state index contributed by atoms with van der Waals surface area (Å²) in [4.78, 5) is 11.9. The van der Waals surface area contributed by atoms with Gasteiger partial charge in [0, 0.05) is 6.42 Å². The van der Waals surface area contributed by atoms with E-state index in [0.29, 0.717) is 18.3 Å². The second-order valence-electron chi connectivity index (χ2n) is 6.76. The predicted octanol–water partition coefficient (Wildman–Crippen LogP) is 3.13. The molecule has 1 aliphatic carbocycles. The first kappa shape index (κ1) is 14.8. The van der Waals surface area contributed by atoms with Gasteiger partial charge in [0.25, 0.3) is 0 Å². The molecule has 0 amide bonds. The van der Waals surface area contributed by atoms with E-state index >= 15 is 0 Å². The van der Waals surface area contributed by atoms with Gasteiger partial charge < -0.3 is 10.1 Å². The lowest BCUT2D eigenvalue weighted by molar-refractivity contribution is -0.152. The van der Waals surface area contributed by atoms with E-state index in [-0.39, 0.29) is 12.1 Å². The molecule has 19 heavy (non-hydrogen) atoms. The van der Waals surface area contributed by atoms with Crippen LogP contribution in [0.15, 0.2) is 0 Å².